The minimum Gasteiger partial charge on any atom is -0.396 e. The van der Waals surface area contributed by atoms with Crippen LogP contribution in [0.4, 0.5) is 5.69 Å². The maximum Gasteiger partial charge on any atom is 0.313 e. The van der Waals surface area contributed by atoms with Crippen molar-refractivity contribution in [2.24, 2.45) is 0 Å². The van der Waals surface area contributed by atoms with E-state index in [9.17, 15) is 9.59 Å². The maximum absolute atomic E-state index is 11.6. The van der Waals surface area contributed by atoms with Crippen molar-refractivity contribution >= 4 is 17.5 Å². The number of aliphatic hydroxyl groups excluding tert-OH is 1. The van der Waals surface area contributed by atoms with Crippen LogP contribution < -0.4 is 10.6 Å². The summed E-state index contributed by atoms with van der Waals surface area (Å²) < 4.78 is 0. The lowest BCUT2D eigenvalue weighted by Crippen LogP contribution is -2.40. The van der Waals surface area contributed by atoms with Crippen LogP contribution in [-0.4, -0.2) is 29.6 Å². The topological polar surface area (TPSA) is 78.4 Å². The highest BCUT2D eigenvalue weighted by molar-refractivity contribution is 6.39. The maximum atomic E-state index is 11.6. The molecule has 18 heavy (non-hydrogen) atoms. The SMILES string of the molecule is Cc1cccc(NC(=O)C(=O)N[C@H](C)CCO)c1. The number of amides is 2. The first kappa shape index (κ1) is 14.2. The average molecular weight is 250 g/mol. The van der Waals surface area contributed by atoms with E-state index in [-0.39, 0.29) is 12.6 Å². The Morgan fingerprint density at radius 3 is 2.67 bits per heavy atom. The molecule has 0 aliphatic carbocycles. The van der Waals surface area contributed by atoms with Crippen LogP contribution in [-0.2, 0) is 9.59 Å². The molecular weight excluding hydrogens is 232 g/mol. The van der Waals surface area contributed by atoms with E-state index in [1.807, 2.05) is 13.0 Å². The summed E-state index contributed by atoms with van der Waals surface area (Å²) in [7, 11) is 0. The van der Waals surface area contributed by atoms with Crippen molar-refractivity contribution in [1.29, 1.82) is 0 Å². The summed E-state index contributed by atoms with van der Waals surface area (Å²) >= 11 is 0. The Morgan fingerprint density at radius 1 is 1.33 bits per heavy atom. The van der Waals surface area contributed by atoms with Crippen LogP contribution >= 0.6 is 0 Å². The number of anilines is 1. The van der Waals surface area contributed by atoms with Crippen LogP contribution in [0, 0.1) is 6.92 Å². The Bertz CT molecular complexity index is 432. The minimum atomic E-state index is -0.703. The van der Waals surface area contributed by atoms with Crippen molar-refractivity contribution in [1.82, 2.24) is 5.32 Å². The van der Waals surface area contributed by atoms with Gasteiger partial charge >= 0.3 is 11.8 Å². The minimum absolute atomic E-state index is 0.0268. The smallest absolute Gasteiger partial charge is 0.313 e. The molecule has 0 saturated heterocycles. The van der Waals surface area contributed by atoms with E-state index in [0.29, 0.717) is 12.1 Å². The van der Waals surface area contributed by atoms with Gasteiger partial charge in [-0.15, -0.1) is 0 Å². The third-order valence-corrected chi connectivity index (χ3v) is 2.42. The second-order valence-electron chi connectivity index (χ2n) is 4.21. The highest BCUT2D eigenvalue weighted by atomic mass is 16.3. The lowest BCUT2D eigenvalue weighted by atomic mass is 10.2. The molecule has 0 aromatic heterocycles. The van der Waals surface area contributed by atoms with E-state index in [2.05, 4.69) is 10.6 Å². The van der Waals surface area contributed by atoms with Crippen LogP contribution in [0.2, 0.25) is 0 Å². The van der Waals surface area contributed by atoms with E-state index in [1.165, 1.54) is 0 Å². The van der Waals surface area contributed by atoms with Gasteiger partial charge in [0.15, 0.2) is 0 Å². The largest absolute Gasteiger partial charge is 0.396 e. The second kappa shape index (κ2) is 6.76. The monoisotopic (exact) mass is 250 g/mol. The molecule has 1 rings (SSSR count). The molecule has 98 valence electrons. The van der Waals surface area contributed by atoms with Crippen LogP contribution in [0.25, 0.3) is 0 Å². The quantitative estimate of drug-likeness (QED) is 0.692. The molecule has 3 N–H and O–H groups in total. The van der Waals surface area contributed by atoms with Crippen LogP contribution in [0.5, 0.6) is 0 Å². The van der Waals surface area contributed by atoms with Crippen LogP contribution in [0.3, 0.4) is 0 Å². The lowest BCUT2D eigenvalue weighted by Gasteiger charge is -2.12. The molecule has 1 aromatic carbocycles. The molecule has 2 amide bonds. The number of carbonyl (C=O) groups is 2. The molecule has 5 heteroatoms. The van der Waals surface area contributed by atoms with Gasteiger partial charge in [-0.05, 0) is 38.0 Å². The van der Waals surface area contributed by atoms with E-state index >= 15 is 0 Å². The second-order valence-corrected chi connectivity index (χ2v) is 4.21. The van der Waals surface area contributed by atoms with E-state index in [4.69, 9.17) is 5.11 Å². The molecule has 0 aliphatic rings. The standard InChI is InChI=1S/C13H18N2O3/c1-9-4-3-5-11(8-9)15-13(18)12(17)14-10(2)6-7-16/h3-5,8,10,16H,6-7H2,1-2H3,(H,14,17)(H,15,18)/t10-/m1/s1. The summed E-state index contributed by atoms with van der Waals surface area (Å²) in [5.74, 6) is -1.40. The Labute approximate surface area is 106 Å². The summed E-state index contributed by atoms with van der Waals surface area (Å²) in [5.41, 5.74) is 1.59. The van der Waals surface area contributed by atoms with Crippen molar-refractivity contribution in [3.63, 3.8) is 0 Å². The zero-order valence-electron chi connectivity index (χ0n) is 10.6. The van der Waals surface area contributed by atoms with Gasteiger partial charge in [0.2, 0.25) is 0 Å². The first-order valence-corrected chi connectivity index (χ1v) is 5.82. The zero-order valence-corrected chi connectivity index (χ0v) is 10.6. The van der Waals surface area contributed by atoms with Gasteiger partial charge < -0.3 is 15.7 Å². The fourth-order valence-corrected chi connectivity index (χ4v) is 1.47. The number of aliphatic hydroxyl groups is 1. The molecule has 0 heterocycles. The molecule has 5 nitrogen and oxygen atoms in total. The Morgan fingerprint density at radius 2 is 2.06 bits per heavy atom. The molecular formula is C13H18N2O3. The lowest BCUT2D eigenvalue weighted by molar-refractivity contribution is -0.136. The normalized spacial score (nSPS) is 11.7. The van der Waals surface area contributed by atoms with E-state index < -0.39 is 11.8 Å². The molecule has 0 spiro atoms. The number of rotatable bonds is 4. The van der Waals surface area contributed by atoms with E-state index in [1.54, 1.807) is 25.1 Å². The Hall–Kier alpha value is -1.88. The third kappa shape index (κ3) is 4.55. The van der Waals surface area contributed by atoms with Gasteiger partial charge in [-0.25, -0.2) is 0 Å². The fourth-order valence-electron chi connectivity index (χ4n) is 1.47. The van der Waals surface area contributed by atoms with Crippen LogP contribution in [0.15, 0.2) is 24.3 Å². The highest BCUT2D eigenvalue weighted by Gasteiger charge is 2.15. The molecule has 0 aliphatic heterocycles. The van der Waals surface area contributed by atoms with Crippen molar-refractivity contribution in [3.8, 4) is 0 Å². The first-order chi connectivity index (χ1) is 8.52. The number of hydrogen-bond acceptors (Lipinski definition) is 3. The summed E-state index contributed by atoms with van der Waals surface area (Å²) in [6.07, 6.45) is 0.420. The number of aryl methyl sites for hydroxylation is 1. The summed E-state index contributed by atoms with van der Waals surface area (Å²) in [6, 6.07) is 6.97. The zero-order chi connectivity index (χ0) is 13.5. The Balaban J connectivity index is 2.52. The molecule has 1 atom stereocenters. The van der Waals surface area contributed by atoms with Gasteiger partial charge in [0.1, 0.15) is 0 Å². The summed E-state index contributed by atoms with van der Waals surface area (Å²) in [5, 5.41) is 13.7. The molecule has 0 unspecified atom stereocenters. The molecule has 0 bridgehead atoms. The van der Waals surface area contributed by atoms with Gasteiger partial charge in [0, 0.05) is 18.3 Å². The fraction of sp³-hybridized carbons (Fsp3) is 0.385. The summed E-state index contributed by atoms with van der Waals surface area (Å²) in [4.78, 5) is 23.1. The number of hydrogen-bond donors (Lipinski definition) is 3. The van der Waals surface area contributed by atoms with Gasteiger partial charge in [-0.2, -0.15) is 0 Å². The van der Waals surface area contributed by atoms with Gasteiger partial charge in [-0.1, -0.05) is 12.1 Å². The predicted molar refractivity (Wildman–Crippen MR) is 69.1 cm³/mol. The van der Waals surface area contributed by atoms with Gasteiger partial charge in [0.05, 0.1) is 0 Å². The van der Waals surface area contributed by atoms with Crippen molar-refractivity contribution in [3.05, 3.63) is 29.8 Å². The highest BCUT2D eigenvalue weighted by Crippen LogP contribution is 2.09. The average Bonchev–Trinajstić information content (AvgIpc) is 2.29. The predicted octanol–water partition coefficient (Wildman–Crippen LogP) is 0.821. The van der Waals surface area contributed by atoms with Crippen molar-refractivity contribution in [2.75, 3.05) is 11.9 Å². The van der Waals surface area contributed by atoms with E-state index in [0.717, 1.165) is 5.56 Å². The van der Waals surface area contributed by atoms with Crippen molar-refractivity contribution in [2.45, 2.75) is 26.3 Å². The number of nitrogens with one attached hydrogen (secondary N) is 2. The molecule has 0 fully saturated rings. The molecule has 0 saturated carbocycles. The molecule has 0 radical (unpaired) electrons. The first-order valence-electron chi connectivity index (χ1n) is 5.82. The van der Waals surface area contributed by atoms with Gasteiger partial charge in [-0.3, -0.25) is 9.59 Å². The number of benzene rings is 1. The summed E-state index contributed by atoms with van der Waals surface area (Å²) in [6.45, 7) is 3.61. The van der Waals surface area contributed by atoms with Crippen molar-refractivity contribution < 1.29 is 14.7 Å². The molecule has 1 aromatic rings. The van der Waals surface area contributed by atoms with Gasteiger partial charge in [0.25, 0.3) is 0 Å². The number of carbonyl (C=O) groups excluding carboxylic acids is 2. The van der Waals surface area contributed by atoms with Crippen LogP contribution in [0.1, 0.15) is 18.9 Å². The Kier molecular flexibility index (Phi) is 5.32. The third-order valence-electron chi connectivity index (χ3n) is 2.42.